The number of amides is 1. The highest BCUT2D eigenvalue weighted by atomic mass is 16.7. The molecule has 4 rings (SSSR count). The van der Waals surface area contributed by atoms with Crippen molar-refractivity contribution in [2.45, 2.75) is 141 Å². The number of fused-ring (bicyclic) bond motifs is 1. The number of hydrogen-bond donors (Lipinski definition) is 3. The highest BCUT2D eigenvalue weighted by Crippen LogP contribution is 2.41. The number of cyclic esters (lactones) is 1. The van der Waals surface area contributed by atoms with Gasteiger partial charge in [-0.05, 0) is 71.7 Å². The van der Waals surface area contributed by atoms with E-state index in [4.69, 9.17) is 28.4 Å². The third kappa shape index (κ3) is 8.55. The van der Waals surface area contributed by atoms with E-state index in [1.54, 1.807) is 55.6 Å². The van der Waals surface area contributed by atoms with Crippen LogP contribution in [0, 0.1) is 23.7 Å². The van der Waals surface area contributed by atoms with E-state index in [0.29, 0.717) is 19.4 Å². The average molecular weight is 721 g/mol. The lowest BCUT2D eigenvalue weighted by Crippen LogP contribution is -2.60. The molecule has 0 aliphatic carbocycles. The second kappa shape index (κ2) is 16.5. The van der Waals surface area contributed by atoms with E-state index in [9.17, 15) is 24.6 Å². The molecule has 0 aromatic heterocycles. The normalized spacial score (nSPS) is 41.3. The summed E-state index contributed by atoms with van der Waals surface area (Å²) in [7, 11) is 5.06. The van der Waals surface area contributed by atoms with Crippen LogP contribution in [0.3, 0.4) is 0 Å². The smallest absolute Gasteiger partial charge is 0.408 e. The van der Waals surface area contributed by atoms with Gasteiger partial charge in [-0.25, -0.2) is 4.79 Å². The summed E-state index contributed by atoms with van der Waals surface area (Å²) in [6, 6.07) is 6.62. The molecule has 0 unspecified atom stereocenters. The topological polar surface area (TPSA) is 162 Å². The van der Waals surface area contributed by atoms with Gasteiger partial charge >= 0.3 is 12.1 Å². The third-order valence-corrected chi connectivity index (χ3v) is 11.6. The monoisotopic (exact) mass is 720 g/mol. The Morgan fingerprint density at radius 3 is 2.33 bits per heavy atom. The van der Waals surface area contributed by atoms with E-state index in [-0.39, 0.29) is 24.3 Å². The Balaban J connectivity index is 1.69. The first kappa shape index (κ1) is 41.0. The van der Waals surface area contributed by atoms with Gasteiger partial charge in [0.25, 0.3) is 0 Å². The van der Waals surface area contributed by atoms with E-state index in [1.165, 1.54) is 7.11 Å². The van der Waals surface area contributed by atoms with Crippen LogP contribution in [0.2, 0.25) is 0 Å². The number of hydrogen-bond acceptors (Lipinski definition) is 12. The van der Waals surface area contributed by atoms with Gasteiger partial charge in [-0.2, -0.15) is 0 Å². The van der Waals surface area contributed by atoms with Gasteiger partial charge in [0.2, 0.25) is 0 Å². The van der Waals surface area contributed by atoms with Crippen molar-refractivity contribution in [1.82, 2.24) is 10.2 Å². The number of benzene rings is 1. The van der Waals surface area contributed by atoms with Crippen molar-refractivity contribution in [2.75, 3.05) is 21.3 Å². The predicted octanol–water partition coefficient (Wildman–Crippen LogP) is 3.85. The minimum absolute atomic E-state index is 0.152. The molecule has 1 aromatic carbocycles. The van der Waals surface area contributed by atoms with Crippen molar-refractivity contribution in [3.63, 3.8) is 0 Å². The third-order valence-electron chi connectivity index (χ3n) is 11.6. The second-order valence-corrected chi connectivity index (χ2v) is 15.4. The number of esters is 1. The van der Waals surface area contributed by atoms with Gasteiger partial charge in [0.1, 0.15) is 23.7 Å². The number of nitrogens with zero attached hydrogens (tertiary/aromatic N) is 1. The van der Waals surface area contributed by atoms with Crippen LogP contribution in [-0.4, -0.2) is 114 Å². The van der Waals surface area contributed by atoms with Crippen molar-refractivity contribution >= 4 is 17.8 Å². The van der Waals surface area contributed by atoms with Crippen LogP contribution in [0.4, 0.5) is 4.79 Å². The number of Topliss-reactive ketones (excluding diaryl/α,β-unsaturated/α-hetero) is 1. The molecule has 3 aliphatic heterocycles. The summed E-state index contributed by atoms with van der Waals surface area (Å²) in [5.41, 5.74) is -1.52. The first-order chi connectivity index (χ1) is 23.9. The maximum Gasteiger partial charge on any atom is 0.408 e. The Kier molecular flexibility index (Phi) is 13.2. The van der Waals surface area contributed by atoms with Crippen molar-refractivity contribution in [1.29, 1.82) is 0 Å². The molecule has 51 heavy (non-hydrogen) atoms. The quantitative estimate of drug-likeness (QED) is 0.333. The summed E-state index contributed by atoms with van der Waals surface area (Å²) in [5, 5.41) is 26.4. The average Bonchev–Trinajstić information content (AvgIpc) is 3.42. The Morgan fingerprint density at radius 1 is 1.02 bits per heavy atom. The van der Waals surface area contributed by atoms with E-state index in [1.807, 2.05) is 38.2 Å². The summed E-state index contributed by atoms with van der Waals surface area (Å²) < 4.78 is 36.2. The van der Waals surface area contributed by atoms with Crippen molar-refractivity contribution < 1.29 is 53.0 Å². The van der Waals surface area contributed by atoms with Crippen LogP contribution in [0.1, 0.15) is 80.2 Å². The molecule has 3 fully saturated rings. The van der Waals surface area contributed by atoms with E-state index >= 15 is 0 Å². The van der Waals surface area contributed by atoms with E-state index < -0.39 is 83.7 Å². The molecule has 0 spiro atoms. The molecule has 288 valence electrons. The Morgan fingerprint density at radius 2 is 1.71 bits per heavy atom. The lowest BCUT2D eigenvalue weighted by atomic mass is 9.73. The fourth-order valence-corrected chi connectivity index (χ4v) is 8.44. The zero-order valence-corrected chi connectivity index (χ0v) is 32.1. The number of rotatable bonds is 8. The van der Waals surface area contributed by atoms with Crippen molar-refractivity contribution in [2.24, 2.45) is 23.7 Å². The van der Waals surface area contributed by atoms with Gasteiger partial charge < -0.3 is 44.0 Å². The summed E-state index contributed by atoms with van der Waals surface area (Å²) in [6.45, 7) is 14.6. The molecule has 0 saturated carbocycles. The minimum atomic E-state index is -1.33. The van der Waals surface area contributed by atoms with Gasteiger partial charge in [-0.15, -0.1) is 0 Å². The molecular formula is C38H60N2O11. The van der Waals surface area contributed by atoms with Gasteiger partial charge in [0.05, 0.1) is 43.0 Å². The number of carbonyl (C=O) groups excluding carboxylic acids is 3. The highest BCUT2D eigenvalue weighted by molar-refractivity contribution is 5.85. The summed E-state index contributed by atoms with van der Waals surface area (Å²) in [4.78, 5) is 42.5. The molecule has 0 bridgehead atoms. The molecule has 3 saturated heterocycles. The Hall–Kier alpha value is -2.81. The van der Waals surface area contributed by atoms with E-state index in [2.05, 4.69) is 10.2 Å². The number of ketones is 1. The maximum atomic E-state index is 14.1. The number of nitrogens with one attached hydrogen (secondary N) is 1. The fourth-order valence-electron chi connectivity index (χ4n) is 8.44. The molecule has 14 atom stereocenters. The SMILES string of the molecule is CC[C@H]1OC(=O)[C@H](C)[C@@H](O)[C@H](C)[C@@H](O[C@@H]2O[C@H](C)C[C@H](N(C)Cc3cccc(OC)c3)[C@H]2O)[C@@](C)(OC)C[C@@H](C)C(=O)[C@H](C)[C@H]2NC(=O)O[C@@]21C. The number of aliphatic hydroxyl groups is 2. The molecule has 3 heterocycles. The zero-order valence-electron chi connectivity index (χ0n) is 32.1. The van der Waals surface area contributed by atoms with Gasteiger partial charge in [-0.1, -0.05) is 39.8 Å². The molecule has 13 nitrogen and oxygen atoms in total. The van der Waals surface area contributed by atoms with Crippen LogP contribution in [0.15, 0.2) is 24.3 Å². The predicted molar refractivity (Wildman–Crippen MR) is 188 cm³/mol. The number of aliphatic hydroxyl groups excluding tert-OH is 2. The Bertz CT molecular complexity index is 1380. The molecule has 1 aromatic rings. The summed E-state index contributed by atoms with van der Waals surface area (Å²) >= 11 is 0. The van der Waals surface area contributed by atoms with Gasteiger partial charge in [-0.3, -0.25) is 14.5 Å². The summed E-state index contributed by atoms with van der Waals surface area (Å²) in [6.07, 6.45) is -5.33. The standard InChI is InChI=1S/C38H60N2O11/c1-12-28-38(8)32(39-36(45)51-38)22(4)29(41)20(2)18-37(7,47-11)33(23(5)30(42)24(6)34(44)49-28)50-35-31(43)27(16-21(3)48-35)40(9)19-25-14-13-15-26(17-25)46-10/h13-15,17,20-24,27-28,30-33,35,42-43H,12,16,18-19H2,1-11H3,(H,39,45)/t20-,21-,22+,23+,24-,27+,28-,30+,31-,32-,33-,35+,37+,38-/m1/s1. The first-order valence-corrected chi connectivity index (χ1v) is 18.2. The van der Waals surface area contributed by atoms with Crippen LogP contribution in [-0.2, 0) is 39.8 Å². The molecule has 13 heteroatoms. The maximum absolute atomic E-state index is 14.1. The van der Waals surface area contributed by atoms with Crippen LogP contribution >= 0.6 is 0 Å². The zero-order chi connectivity index (χ0) is 38.0. The van der Waals surface area contributed by atoms with Crippen LogP contribution in [0.5, 0.6) is 5.75 Å². The summed E-state index contributed by atoms with van der Waals surface area (Å²) in [5.74, 6) is -3.19. The minimum Gasteiger partial charge on any atom is -0.497 e. The number of methoxy groups -OCH3 is 2. The van der Waals surface area contributed by atoms with Crippen LogP contribution < -0.4 is 10.1 Å². The molecule has 3 aliphatic rings. The van der Waals surface area contributed by atoms with Crippen molar-refractivity contribution in [3.05, 3.63) is 29.8 Å². The first-order valence-electron chi connectivity index (χ1n) is 18.2. The van der Waals surface area contributed by atoms with Crippen LogP contribution in [0.25, 0.3) is 0 Å². The van der Waals surface area contributed by atoms with Gasteiger partial charge in [0, 0.05) is 37.5 Å². The molecule has 3 N–H and O–H groups in total. The Labute approximate surface area is 302 Å². The molecule has 1 amide bonds. The van der Waals surface area contributed by atoms with Gasteiger partial charge in [0.15, 0.2) is 11.9 Å². The fraction of sp³-hybridized carbons (Fsp3) is 0.763. The second-order valence-electron chi connectivity index (χ2n) is 15.4. The number of carbonyl (C=O) groups is 3. The number of alkyl carbamates (subject to hydrolysis) is 1. The molecule has 0 radical (unpaired) electrons. The van der Waals surface area contributed by atoms with Crippen molar-refractivity contribution in [3.8, 4) is 5.75 Å². The lowest BCUT2D eigenvalue weighted by molar-refractivity contribution is -0.302. The number of likely N-dealkylation sites (N-methyl/N-ethyl adjacent to an activating group) is 1. The van der Waals surface area contributed by atoms with E-state index in [0.717, 1.165) is 11.3 Å². The largest absolute Gasteiger partial charge is 0.497 e. The highest BCUT2D eigenvalue weighted by Gasteiger charge is 2.57. The number of ether oxygens (including phenoxy) is 6. The lowest BCUT2D eigenvalue weighted by Gasteiger charge is -2.48. The molecular weight excluding hydrogens is 660 g/mol.